The molecule has 0 N–H and O–H groups in total. The average Bonchev–Trinajstić information content (AvgIpc) is 2.76. The minimum absolute atomic E-state index is 0.344. The second-order valence-electron chi connectivity index (χ2n) is 3.98. The molecule has 0 saturated carbocycles. The van der Waals surface area contributed by atoms with E-state index >= 15 is 0 Å². The van der Waals surface area contributed by atoms with Gasteiger partial charge in [0.2, 0.25) is 0 Å². The fraction of sp³-hybridized carbons (Fsp3) is 0.600. The van der Waals surface area contributed by atoms with E-state index in [0.717, 1.165) is 4.88 Å². The lowest BCUT2D eigenvalue weighted by Crippen LogP contribution is -2.46. The Morgan fingerprint density at radius 3 is 2.67 bits per heavy atom. The van der Waals surface area contributed by atoms with Gasteiger partial charge in [-0.2, -0.15) is 17.0 Å². The zero-order chi connectivity index (χ0) is 13.2. The van der Waals surface area contributed by atoms with Crippen molar-refractivity contribution in [3.05, 3.63) is 21.3 Å². The van der Waals surface area contributed by atoms with Crippen molar-refractivity contribution in [1.82, 2.24) is 8.61 Å². The van der Waals surface area contributed by atoms with Gasteiger partial charge >= 0.3 is 0 Å². The molecule has 0 atom stereocenters. The second-order valence-corrected chi connectivity index (χ2v) is 7.82. The summed E-state index contributed by atoms with van der Waals surface area (Å²) in [4.78, 5) is 0.930. The summed E-state index contributed by atoms with van der Waals surface area (Å²) in [5.74, 6) is 0. The Morgan fingerprint density at radius 1 is 1.44 bits per heavy atom. The summed E-state index contributed by atoms with van der Waals surface area (Å²) in [6, 6.07) is 3.62. The molecule has 1 aliphatic heterocycles. The van der Waals surface area contributed by atoms with E-state index in [2.05, 4.69) is 0 Å². The predicted molar refractivity (Wildman–Crippen MR) is 72.1 cm³/mol. The highest BCUT2D eigenvalue weighted by molar-refractivity contribution is 7.86. The van der Waals surface area contributed by atoms with E-state index in [9.17, 15) is 8.42 Å². The van der Waals surface area contributed by atoms with Crippen LogP contribution in [0.4, 0.5) is 0 Å². The summed E-state index contributed by atoms with van der Waals surface area (Å²) < 4.78 is 33.2. The van der Waals surface area contributed by atoms with Crippen LogP contribution in [0.25, 0.3) is 0 Å². The molecule has 1 saturated heterocycles. The van der Waals surface area contributed by atoms with Crippen molar-refractivity contribution in [2.75, 3.05) is 33.4 Å². The number of hydrogen-bond donors (Lipinski definition) is 0. The zero-order valence-corrected chi connectivity index (χ0v) is 12.4. The lowest BCUT2D eigenvalue weighted by atomic mass is 10.5. The highest BCUT2D eigenvalue weighted by atomic mass is 35.5. The monoisotopic (exact) mass is 310 g/mol. The molecule has 0 aromatic carbocycles. The highest BCUT2D eigenvalue weighted by Crippen LogP contribution is 2.23. The SMILES string of the molecule is CN(Cc1ccc(Cl)s1)S(=O)(=O)N1CCOCC1. The van der Waals surface area contributed by atoms with Crippen molar-refractivity contribution in [2.45, 2.75) is 6.54 Å². The standard InChI is InChI=1S/C10H15ClN2O3S2/c1-12(8-9-2-3-10(11)17-9)18(14,15)13-4-6-16-7-5-13/h2-3H,4-8H2,1H3. The maximum Gasteiger partial charge on any atom is 0.282 e. The van der Waals surface area contributed by atoms with Gasteiger partial charge in [-0.15, -0.1) is 11.3 Å². The number of nitrogens with zero attached hydrogens (tertiary/aromatic N) is 2. The summed E-state index contributed by atoms with van der Waals surface area (Å²) in [5, 5.41) is 0. The van der Waals surface area contributed by atoms with E-state index < -0.39 is 10.2 Å². The summed E-state index contributed by atoms with van der Waals surface area (Å²) in [7, 11) is -1.82. The number of rotatable bonds is 4. The molecule has 5 nitrogen and oxygen atoms in total. The second kappa shape index (κ2) is 5.85. The minimum Gasteiger partial charge on any atom is -0.379 e. The minimum atomic E-state index is -3.40. The number of halogens is 1. The first-order valence-electron chi connectivity index (χ1n) is 5.53. The van der Waals surface area contributed by atoms with Gasteiger partial charge < -0.3 is 4.74 Å². The lowest BCUT2D eigenvalue weighted by Gasteiger charge is -2.29. The molecule has 1 aromatic rings. The quantitative estimate of drug-likeness (QED) is 0.845. The Morgan fingerprint density at radius 2 is 2.11 bits per heavy atom. The van der Waals surface area contributed by atoms with Crippen LogP contribution in [0.1, 0.15) is 4.88 Å². The van der Waals surface area contributed by atoms with Crippen LogP contribution < -0.4 is 0 Å². The topological polar surface area (TPSA) is 49.9 Å². The molecule has 18 heavy (non-hydrogen) atoms. The van der Waals surface area contributed by atoms with E-state index in [1.165, 1.54) is 19.9 Å². The third-order valence-corrected chi connectivity index (χ3v) is 5.85. The normalized spacial score (nSPS) is 18.4. The fourth-order valence-electron chi connectivity index (χ4n) is 1.71. The van der Waals surface area contributed by atoms with Gasteiger partial charge in [-0.1, -0.05) is 11.6 Å². The molecule has 0 spiro atoms. The molecular formula is C10H15ClN2O3S2. The Hall–Kier alpha value is -0.180. The van der Waals surface area contributed by atoms with E-state index in [-0.39, 0.29) is 0 Å². The van der Waals surface area contributed by atoms with Crippen LogP contribution in [0.5, 0.6) is 0 Å². The van der Waals surface area contributed by atoms with Crippen molar-refractivity contribution in [3.8, 4) is 0 Å². The van der Waals surface area contributed by atoms with E-state index in [1.807, 2.05) is 6.07 Å². The van der Waals surface area contributed by atoms with E-state index in [4.69, 9.17) is 16.3 Å². The van der Waals surface area contributed by atoms with Crippen molar-refractivity contribution in [1.29, 1.82) is 0 Å². The largest absolute Gasteiger partial charge is 0.379 e. The molecule has 8 heteroatoms. The summed E-state index contributed by atoms with van der Waals surface area (Å²) in [5.41, 5.74) is 0. The molecule has 102 valence electrons. The molecular weight excluding hydrogens is 296 g/mol. The van der Waals surface area contributed by atoms with Gasteiger partial charge in [0, 0.05) is 31.6 Å². The van der Waals surface area contributed by atoms with Crippen LogP contribution in [0.3, 0.4) is 0 Å². The average molecular weight is 311 g/mol. The van der Waals surface area contributed by atoms with Gasteiger partial charge in [0.05, 0.1) is 17.6 Å². The number of morpholine rings is 1. The summed E-state index contributed by atoms with van der Waals surface area (Å²) >= 11 is 7.23. The van der Waals surface area contributed by atoms with Gasteiger partial charge in [-0.3, -0.25) is 0 Å². The summed E-state index contributed by atoms with van der Waals surface area (Å²) in [6.45, 7) is 2.09. The molecule has 0 radical (unpaired) electrons. The zero-order valence-electron chi connectivity index (χ0n) is 10.0. The van der Waals surface area contributed by atoms with Gasteiger partial charge in [0.15, 0.2) is 0 Å². The third kappa shape index (κ3) is 3.23. The van der Waals surface area contributed by atoms with Gasteiger partial charge in [-0.25, -0.2) is 0 Å². The highest BCUT2D eigenvalue weighted by Gasteiger charge is 2.28. The van der Waals surface area contributed by atoms with Crippen LogP contribution in [-0.4, -0.2) is 50.4 Å². The third-order valence-electron chi connectivity index (χ3n) is 2.70. The van der Waals surface area contributed by atoms with Crippen LogP contribution in [0, 0.1) is 0 Å². The summed E-state index contributed by atoms with van der Waals surface area (Å²) in [6.07, 6.45) is 0. The first-order chi connectivity index (χ1) is 8.50. The fourth-order valence-corrected chi connectivity index (χ4v) is 4.24. The Kier molecular flexibility index (Phi) is 4.63. The van der Waals surface area contributed by atoms with Gasteiger partial charge in [0.25, 0.3) is 10.2 Å². The molecule has 2 rings (SSSR count). The molecule has 0 bridgehead atoms. The smallest absolute Gasteiger partial charge is 0.282 e. The molecule has 0 aliphatic carbocycles. The first-order valence-corrected chi connectivity index (χ1v) is 8.12. The van der Waals surface area contributed by atoms with Crippen molar-refractivity contribution in [3.63, 3.8) is 0 Å². The Bertz CT molecular complexity index is 497. The van der Waals surface area contributed by atoms with Crippen LogP contribution in [0.15, 0.2) is 12.1 Å². The molecule has 1 fully saturated rings. The van der Waals surface area contributed by atoms with Crippen LogP contribution in [0.2, 0.25) is 4.34 Å². The predicted octanol–water partition coefficient (Wildman–Crippen LogP) is 1.41. The molecule has 1 aliphatic rings. The number of hydrogen-bond acceptors (Lipinski definition) is 4. The maximum absolute atomic E-state index is 12.3. The van der Waals surface area contributed by atoms with Crippen LogP contribution >= 0.6 is 22.9 Å². The van der Waals surface area contributed by atoms with E-state index in [0.29, 0.717) is 37.2 Å². The maximum atomic E-state index is 12.3. The van der Waals surface area contributed by atoms with Crippen molar-refractivity contribution >= 4 is 33.1 Å². The number of ether oxygens (including phenoxy) is 1. The number of thiophene rings is 1. The first kappa shape index (κ1) is 14.2. The van der Waals surface area contributed by atoms with Crippen molar-refractivity contribution in [2.24, 2.45) is 0 Å². The Balaban J connectivity index is 2.04. The molecule has 0 unspecified atom stereocenters. The van der Waals surface area contributed by atoms with E-state index in [1.54, 1.807) is 13.1 Å². The molecule has 0 amide bonds. The lowest BCUT2D eigenvalue weighted by molar-refractivity contribution is 0.0705. The molecule has 2 heterocycles. The van der Waals surface area contributed by atoms with Gasteiger partial charge in [0.1, 0.15) is 0 Å². The van der Waals surface area contributed by atoms with Crippen LogP contribution in [-0.2, 0) is 21.5 Å². The Labute approximate surface area is 116 Å². The van der Waals surface area contributed by atoms with Gasteiger partial charge in [-0.05, 0) is 12.1 Å². The molecule has 1 aromatic heterocycles. The van der Waals surface area contributed by atoms with Crippen molar-refractivity contribution < 1.29 is 13.2 Å².